The van der Waals surface area contributed by atoms with Crippen molar-refractivity contribution in [3.05, 3.63) is 0 Å². The highest BCUT2D eigenvalue weighted by atomic mass is 16.5. The van der Waals surface area contributed by atoms with Crippen molar-refractivity contribution in [2.45, 2.75) is 31.8 Å². The van der Waals surface area contributed by atoms with Gasteiger partial charge in [-0.15, -0.1) is 6.42 Å². The average Bonchev–Trinajstić information content (AvgIpc) is 2.81. The van der Waals surface area contributed by atoms with E-state index in [4.69, 9.17) is 11.2 Å². The Morgan fingerprint density at radius 1 is 1.44 bits per heavy atom. The van der Waals surface area contributed by atoms with Gasteiger partial charge in [0.15, 0.2) is 5.96 Å². The summed E-state index contributed by atoms with van der Waals surface area (Å²) < 4.78 is 5.72. The lowest BCUT2D eigenvalue weighted by Crippen LogP contribution is -2.39. The van der Waals surface area contributed by atoms with Gasteiger partial charge >= 0.3 is 0 Å². The van der Waals surface area contributed by atoms with Crippen molar-refractivity contribution >= 4 is 5.96 Å². The van der Waals surface area contributed by atoms with Gasteiger partial charge in [-0.25, -0.2) is 0 Å². The van der Waals surface area contributed by atoms with Crippen molar-refractivity contribution in [3.8, 4) is 12.3 Å². The molecule has 0 radical (unpaired) electrons. The molecule has 1 rings (SSSR count). The minimum Gasteiger partial charge on any atom is -0.376 e. The Kier molecular flexibility index (Phi) is 6.43. The van der Waals surface area contributed by atoms with E-state index in [1.807, 2.05) is 0 Å². The van der Waals surface area contributed by atoms with Crippen LogP contribution in [0.4, 0.5) is 0 Å². The Labute approximate surface area is 97.9 Å². The number of guanidine groups is 1. The molecule has 0 amide bonds. The van der Waals surface area contributed by atoms with Crippen molar-refractivity contribution in [1.82, 2.24) is 10.6 Å². The van der Waals surface area contributed by atoms with Gasteiger partial charge in [0.05, 0.1) is 19.3 Å². The van der Waals surface area contributed by atoms with E-state index in [0.29, 0.717) is 12.6 Å². The maximum absolute atomic E-state index is 5.72. The third-order valence-corrected chi connectivity index (χ3v) is 2.63. The Hall–Kier alpha value is -1.21. The van der Waals surface area contributed by atoms with E-state index < -0.39 is 0 Å². The molecule has 0 aromatic heterocycles. The second-order valence-corrected chi connectivity index (χ2v) is 3.83. The number of hydrogen-bond donors (Lipinski definition) is 2. The van der Waals surface area contributed by atoms with Gasteiger partial charge < -0.3 is 15.4 Å². The largest absolute Gasteiger partial charge is 0.376 e. The summed E-state index contributed by atoms with van der Waals surface area (Å²) in [4.78, 5) is 4.04. The first-order chi connectivity index (χ1) is 7.86. The van der Waals surface area contributed by atoms with Crippen molar-refractivity contribution in [2.75, 3.05) is 26.7 Å². The monoisotopic (exact) mass is 223 g/mol. The van der Waals surface area contributed by atoms with Crippen molar-refractivity contribution in [2.24, 2.45) is 4.99 Å². The van der Waals surface area contributed by atoms with E-state index >= 15 is 0 Å². The molecular formula is C12H21N3O. The highest BCUT2D eigenvalue weighted by Crippen LogP contribution is 2.20. The van der Waals surface area contributed by atoms with E-state index in [-0.39, 0.29) is 0 Å². The molecule has 0 aromatic carbocycles. The van der Waals surface area contributed by atoms with Crippen LogP contribution in [0, 0.1) is 12.3 Å². The van der Waals surface area contributed by atoms with E-state index in [1.54, 1.807) is 7.05 Å². The van der Waals surface area contributed by atoms with Crippen LogP contribution in [0.5, 0.6) is 0 Å². The average molecular weight is 223 g/mol. The first-order valence-corrected chi connectivity index (χ1v) is 5.86. The quantitative estimate of drug-likeness (QED) is 0.313. The molecule has 0 aromatic rings. The van der Waals surface area contributed by atoms with Crippen LogP contribution in [0.1, 0.15) is 25.7 Å². The Morgan fingerprint density at radius 3 is 2.81 bits per heavy atom. The minimum atomic E-state index is 0.475. The second kappa shape index (κ2) is 8.00. The summed E-state index contributed by atoms with van der Waals surface area (Å²) in [5.74, 6) is 3.23. The van der Waals surface area contributed by atoms with Crippen molar-refractivity contribution in [3.63, 3.8) is 0 Å². The molecule has 0 bridgehead atoms. The molecule has 1 aliphatic carbocycles. The summed E-state index contributed by atoms with van der Waals surface area (Å²) in [6.45, 7) is 1.98. The zero-order chi connectivity index (χ0) is 11.6. The van der Waals surface area contributed by atoms with Gasteiger partial charge in [-0.2, -0.15) is 0 Å². The maximum atomic E-state index is 5.72. The van der Waals surface area contributed by atoms with Crippen LogP contribution in [-0.2, 0) is 4.74 Å². The normalized spacial score (nSPS) is 17.1. The van der Waals surface area contributed by atoms with Crippen LogP contribution in [0.3, 0.4) is 0 Å². The van der Waals surface area contributed by atoms with Crippen LogP contribution in [0.25, 0.3) is 0 Å². The number of terminal acetylenes is 1. The highest BCUT2D eigenvalue weighted by molar-refractivity contribution is 5.79. The fourth-order valence-corrected chi connectivity index (χ4v) is 1.81. The van der Waals surface area contributed by atoms with E-state index in [2.05, 4.69) is 21.5 Å². The molecule has 0 heterocycles. The molecule has 2 N–H and O–H groups in total. The van der Waals surface area contributed by atoms with Crippen LogP contribution < -0.4 is 10.6 Å². The maximum Gasteiger partial charge on any atom is 0.191 e. The lowest BCUT2D eigenvalue weighted by atomic mass is 10.3. The first kappa shape index (κ1) is 12.9. The third kappa shape index (κ3) is 5.04. The van der Waals surface area contributed by atoms with Gasteiger partial charge in [-0.05, 0) is 12.8 Å². The smallest absolute Gasteiger partial charge is 0.191 e. The predicted octanol–water partition coefficient (Wildman–Crippen LogP) is 0.744. The minimum absolute atomic E-state index is 0.475. The number of rotatable bonds is 5. The molecule has 90 valence electrons. The molecule has 4 nitrogen and oxygen atoms in total. The first-order valence-electron chi connectivity index (χ1n) is 5.86. The van der Waals surface area contributed by atoms with Gasteiger partial charge in [0.1, 0.15) is 0 Å². The number of hydrogen-bond acceptors (Lipinski definition) is 2. The Bertz CT molecular complexity index is 251. The molecule has 0 saturated heterocycles. The number of nitrogens with zero attached hydrogens (tertiary/aromatic N) is 1. The zero-order valence-corrected chi connectivity index (χ0v) is 9.96. The lowest BCUT2D eigenvalue weighted by Gasteiger charge is -2.13. The molecule has 4 heteroatoms. The van der Waals surface area contributed by atoms with Crippen molar-refractivity contribution < 1.29 is 4.74 Å². The van der Waals surface area contributed by atoms with Gasteiger partial charge in [-0.1, -0.05) is 18.8 Å². The van der Waals surface area contributed by atoms with Crippen LogP contribution in [-0.4, -0.2) is 38.8 Å². The van der Waals surface area contributed by atoms with E-state index in [9.17, 15) is 0 Å². The topological polar surface area (TPSA) is 45.7 Å². The fourth-order valence-electron chi connectivity index (χ4n) is 1.81. The summed E-state index contributed by atoms with van der Waals surface area (Å²) in [5, 5.41) is 6.14. The number of ether oxygens (including phenoxy) is 1. The zero-order valence-electron chi connectivity index (χ0n) is 9.96. The van der Waals surface area contributed by atoms with E-state index in [1.165, 1.54) is 25.7 Å². The summed E-state index contributed by atoms with van der Waals surface area (Å²) in [6.07, 6.45) is 10.7. The molecule has 0 spiro atoms. The van der Waals surface area contributed by atoms with Gasteiger partial charge in [-0.3, -0.25) is 4.99 Å². The fraction of sp³-hybridized carbons (Fsp3) is 0.750. The third-order valence-electron chi connectivity index (χ3n) is 2.63. The van der Waals surface area contributed by atoms with Gasteiger partial charge in [0.25, 0.3) is 0 Å². The molecule has 0 atom stereocenters. The van der Waals surface area contributed by atoms with Crippen LogP contribution in [0.2, 0.25) is 0 Å². The number of aliphatic imine (C=N–C) groups is 1. The SMILES string of the molecule is C#CCNC(=NC)NCCOC1CCCC1. The second-order valence-electron chi connectivity index (χ2n) is 3.83. The lowest BCUT2D eigenvalue weighted by molar-refractivity contribution is 0.0622. The number of nitrogens with one attached hydrogen (secondary N) is 2. The van der Waals surface area contributed by atoms with Gasteiger partial charge in [0, 0.05) is 13.6 Å². The van der Waals surface area contributed by atoms with E-state index in [0.717, 1.165) is 19.1 Å². The van der Waals surface area contributed by atoms with Crippen molar-refractivity contribution in [1.29, 1.82) is 0 Å². The molecule has 1 saturated carbocycles. The van der Waals surface area contributed by atoms with Gasteiger partial charge in [0.2, 0.25) is 0 Å². The summed E-state index contributed by atoms with van der Waals surface area (Å²) in [7, 11) is 1.73. The summed E-state index contributed by atoms with van der Waals surface area (Å²) in [5.41, 5.74) is 0. The highest BCUT2D eigenvalue weighted by Gasteiger charge is 2.14. The molecule has 1 aliphatic rings. The molecule has 0 aliphatic heterocycles. The molecule has 1 fully saturated rings. The summed E-state index contributed by atoms with van der Waals surface area (Å²) in [6, 6.07) is 0. The molecular weight excluding hydrogens is 202 g/mol. The molecule has 0 unspecified atom stereocenters. The molecule has 16 heavy (non-hydrogen) atoms. The standard InChI is InChI=1S/C12H21N3O/c1-3-8-14-12(13-2)15-9-10-16-11-6-4-5-7-11/h1,11H,4-10H2,2H3,(H2,13,14,15). The Morgan fingerprint density at radius 2 is 2.19 bits per heavy atom. The Balaban J connectivity index is 2.02. The van der Waals surface area contributed by atoms with Crippen LogP contribution >= 0.6 is 0 Å². The van der Waals surface area contributed by atoms with Crippen LogP contribution in [0.15, 0.2) is 4.99 Å². The predicted molar refractivity (Wildman–Crippen MR) is 66.4 cm³/mol. The summed E-state index contributed by atoms with van der Waals surface area (Å²) >= 11 is 0.